The fraction of sp³-hybridized carbons (Fsp3) is 0.346. The van der Waals surface area contributed by atoms with E-state index in [-0.39, 0.29) is 17.4 Å². The third kappa shape index (κ3) is 5.73. The standard InChI is InChI=1S/C26H30Cl2N6O2/c1-15(35)9-33-26(3)13-34(14-26)23-7-4-17(10-32-23)25(30)19-8-18(5-6-22(19)29)36-16(2)24-20(27)11-31-12-21(24)28/h4-8,10-12,15-16,30,33,35H,9,13-14,29H2,1-3H3/t15?,16-/m1/s1. The molecule has 2 aromatic heterocycles. The minimum atomic E-state index is -0.433. The van der Waals surface area contributed by atoms with Gasteiger partial charge in [-0.1, -0.05) is 23.2 Å². The number of hydrogen-bond acceptors (Lipinski definition) is 8. The summed E-state index contributed by atoms with van der Waals surface area (Å²) < 4.78 is 6.08. The zero-order valence-electron chi connectivity index (χ0n) is 20.4. The zero-order valence-corrected chi connectivity index (χ0v) is 21.9. The van der Waals surface area contributed by atoms with Crippen molar-refractivity contribution in [1.29, 1.82) is 5.41 Å². The number of pyridine rings is 2. The van der Waals surface area contributed by atoms with Gasteiger partial charge in [0.1, 0.15) is 17.7 Å². The summed E-state index contributed by atoms with van der Waals surface area (Å²) in [6, 6.07) is 8.98. The summed E-state index contributed by atoms with van der Waals surface area (Å²) in [5.74, 6) is 1.38. The first-order valence-electron chi connectivity index (χ1n) is 11.6. The van der Waals surface area contributed by atoms with Gasteiger partial charge in [0.25, 0.3) is 0 Å². The first-order chi connectivity index (χ1) is 17.1. The van der Waals surface area contributed by atoms with Crippen molar-refractivity contribution in [3.05, 3.63) is 75.7 Å². The second kappa shape index (κ2) is 10.6. The number of aliphatic hydroxyl groups is 1. The molecule has 190 valence electrons. The fourth-order valence-electron chi connectivity index (χ4n) is 4.24. The highest BCUT2D eigenvalue weighted by Gasteiger charge is 2.39. The average molecular weight is 529 g/mol. The highest BCUT2D eigenvalue weighted by atomic mass is 35.5. The molecular weight excluding hydrogens is 499 g/mol. The molecule has 0 spiro atoms. The quantitative estimate of drug-likeness (QED) is 0.239. The van der Waals surface area contributed by atoms with Gasteiger partial charge < -0.3 is 25.8 Å². The Labute approximate surface area is 220 Å². The average Bonchev–Trinajstić information content (AvgIpc) is 2.82. The molecular formula is C26H30Cl2N6O2. The third-order valence-electron chi connectivity index (χ3n) is 6.17. The van der Waals surface area contributed by atoms with Crippen molar-refractivity contribution in [3.8, 4) is 5.75 Å². The van der Waals surface area contributed by atoms with Crippen molar-refractivity contribution in [2.45, 2.75) is 38.5 Å². The molecule has 36 heavy (non-hydrogen) atoms. The molecule has 0 aliphatic carbocycles. The van der Waals surface area contributed by atoms with Crippen LogP contribution in [0.3, 0.4) is 0 Å². The van der Waals surface area contributed by atoms with E-state index in [4.69, 9.17) is 39.1 Å². The van der Waals surface area contributed by atoms with Gasteiger partial charge in [-0.15, -0.1) is 0 Å². The molecule has 3 heterocycles. The number of hydrogen-bond donors (Lipinski definition) is 4. The zero-order chi connectivity index (χ0) is 26.0. The van der Waals surface area contributed by atoms with Crippen LogP contribution in [-0.4, -0.2) is 52.1 Å². The van der Waals surface area contributed by atoms with Crippen molar-refractivity contribution < 1.29 is 9.84 Å². The van der Waals surface area contributed by atoms with Crippen LogP contribution in [0.25, 0.3) is 0 Å². The topological polar surface area (TPSA) is 120 Å². The number of ether oxygens (including phenoxy) is 1. The minimum absolute atomic E-state index is 0.0548. The van der Waals surface area contributed by atoms with E-state index < -0.39 is 6.10 Å². The summed E-state index contributed by atoms with van der Waals surface area (Å²) in [5.41, 5.74) is 8.69. The van der Waals surface area contributed by atoms with Crippen LogP contribution in [0.5, 0.6) is 5.75 Å². The summed E-state index contributed by atoms with van der Waals surface area (Å²) in [5, 5.41) is 22.5. The molecule has 1 fully saturated rings. The number of nitrogens with two attached hydrogens (primary N) is 1. The summed E-state index contributed by atoms with van der Waals surface area (Å²) in [6.45, 7) is 7.88. The number of benzene rings is 1. The van der Waals surface area contributed by atoms with Gasteiger partial charge in [0, 0.05) is 60.6 Å². The van der Waals surface area contributed by atoms with Gasteiger partial charge in [-0.25, -0.2) is 4.98 Å². The van der Waals surface area contributed by atoms with E-state index in [1.54, 1.807) is 31.3 Å². The Bertz CT molecular complexity index is 1230. The van der Waals surface area contributed by atoms with Crippen molar-refractivity contribution in [2.75, 3.05) is 30.3 Å². The van der Waals surface area contributed by atoms with Crippen LogP contribution in [0.2, 0.25) is 10.0 Å². The van der Waals surface area contributed by atoms with E-state index >= 15 is 0 Å². The molecule has 1 unspecified atom stereocenters. The number of nitrogen functional groups attached to an aromatic ring is 1. The number of β-amino-alcohol motifs (C(OH)–C–C–N with tert-alkyl or cyclic N) is 1. The summed E-state index contributed by atoms with van der Waals surface area (Å²) in [6.07, 6.45) is 3.91. The number of aromatic nitrogens is 2. The Hall–Kier alpha value is -2.91. The number of nitrogens with one attached hydrogen (secondary N) is 2. The first kappa shape index (κ1) is 26.2. The maximum Gasteiger partial charge on any atom is 0.128 e. The van der Waals surface area contributed by atoms with Gasteiger partial charge in [-0.2, -0.15) is 0 Å². The molecule has 1 aromatic carbocycles. The van der Waals surface area contributed by atoms with Crippen molar-refractivity contribution in [2.24, 2.45) is 0 Å². The Balaban J connectivity index is 1.45. The maximum absolute atomic E-state index is 9.51. The number of aliphatic hydroxyl groups excluding tert-OH is 1. The monoisotopic (exact) mass is 528 g/mol. The molecule has 10 heteroatoms. The number of anilines is 2. The van der Waals surface area contributed by atoms with E-state index in [1.807, 2.05) is 19.1 Å². The van der Waals surface area contributed by atoms with E-state index in [0.29, 0.717) is 44.7 Å². The molecule has 4 rings (SSSR count). The highest BCUT2D eigenvalue weighted by Crippen LogP contribution is 2.33. The lowest BCUT2D eigenvalue weighted by molar-refractivity contribution is 0.164. The molecule has 0 saturated carbocycles. The highest BCUT2D eigenvalue weighted by molar-refractivity contribution is 6.35. The molecule has 0 radical (unpaired) electrons. The normalized spacial score (nSPS) is 16.2. The molecule has 5 N–H and O–H groups in total. The lowest BCUT2D eigenvalue weighted by Crippen LogP contribution is -2.68. The maximum atomic E-state index is 9.51. The predicted molar refractivity (Wildman–Crippen MR) is 145 cm³/mol. The van der Waals surface area contributed by atoms with Crippen molar-refractivity contribution in [1.82, 2.24) is 15.3 Å². The van der Waals surface area contributed by atoms with Gasteiger partial charge in [-0.3, -0.25) is 10.4 Å². The second-order valence-electron chi connectivity index (χ2n) is 9.45. The Morgan fingerprint density at radius 2 is 1.89 bits per heavy atom. The van der Waals surface area contributed by atoms with Crippen molar-refractivity contribution in [3.63, 3.8) is 0 Å². The number of rotatable bonds is 9. The fourth-order valence-corrected chi connectivity index (χ4v) is 4.91. The van der Waals surface area contributed by atoms with Gasteiger partial charge in [0.2, 0.25) is 0 Å². The first-order valence-corrected chi connectivity index (χ1v) is 12.4. The molecule has 1 aliphatic heterocycles. The molecule has 3 aromatic rings. The van der Waals surface area contributed by atoms with Crippen LogP contribution in [0, 0.1) is 5.41 Å². The van der Waals surface area contributed by atoms with Crippen LogP contribution < -0.4 is 20.7 Å². The number of nitrogens with zero attached hydrogens (tertiary/aromatic N) is 3. The van der Waals surface area contributed by atoms with Gasteiger partial charge in [-0.05, 0) is 51.1 Å². The molecule has 2 atom stereocenters. The van der Waals surface area contributed by atoms with E-state index in [9.17, 15) is 5.11 Å². The van der Waals surface area contributed by atoms with Gasteiger partial charge >= 0.3 is 0 Å². The molecule has 0 bridgehead atoms. The second-order valence-corrected chi connectivity index (χ2v) is 10.3. The smallest absolute Gasteiger partial charge is 0.128 e. The Morgan fingerprint density at radius 1 is 1.19 bits per heavy atom. The Morgan fingerprint density at radius 3 is 2.50 bits per heavy atom. The van der Waals surface area contributed by atoms with Crippen LogP contribution in [0.4, 0.5) is 11.5 Å². The van der Waals surface area contributed by atoms with Crippen LogP contribution in [0.15, 0.2) is 48.9 Å². The van der Waals surface area contributed by atoms with E-state index in [0.717, 1.165) is 18.9 Å². The van der Waals surface area contributed by atoms with E-state index in [2.05, 4.69) is 27.1 Å². The summed E-state index contributed by atoms with van der Waals surface area (Å²) in [7, 11) is 0. The third-order valence-corrected chi connectivity index (χ3v) is 6.77. The van der Waals surface area contributed by atoms with Crippen LogP contribution in [-0.2, 0) is 0 Å². The largest absolute Gasteiger partial charge is 0.486 e. The van der Waals surface area contributed by atoms with Crippen molar-refractivity contribution >= 4 is 40.4 Å². The molecule has 1 saturated heterocycles. The van der Waals surface area contributed by atoms with E-state index in [1.165, 1.54) is 12.4 Å². The van der Waals surface area contributed by atoms with Crippen LogP contribution in [0.1, 0.15) is 43.6 Å². The lowest BCUT2D eigenvalue weighted by atomic mass is 9.92. The minimum Gasteiger partial charge on any atom is -0.486 e. The number of halogens is 2. The summed E-state index contributed by atoms with van der Waals surface area (Å²) in [4.78, 5) is 10.7. The van der Waals surface area contributed by atoms with Crippen LogP contribution >= 0.6 is 23.2 Å². The SMILES string of the molecule is CC(O)CNC1(C)CN(c2ccc(C(=N)c3cc(O[C@H](C)c4c(Cl)cncc4Cl)ccc3N)cn2)C1. The lowest BCUT2D eigenvalue weighted by Gasteiger charge is -2.49. The molecule has 1 aliphatic rings. The predicted octanol–water partition coefficient (Wildman–Crippen LogP) is 4.47. The summed E-state index contributed by atoms with van der Waals surface area (Å²) >= 11 is 12.5. The van der Waals surface area contributed by atoms with Gasteiger partial charge in [0.15, 0.2) is 0 Å². The Kier molecular flexibility index (Phi) is 7.70. The molecule has 0 amide bonds. The van der Waals surface area contributed by atoms with Gasteiger partial charge in [0.05, 0.1) is 27.4 Å². The molecule has 8 nitrogen and oxygen atoms in total.